The average Bonchev–Trinajstić information content (AvgIpc) is 3.69. The van der Waals surface area contributed by atoms with Gasteiger partial charge in [0.25, 0.3) is 0 Å². The van der Waals surface area contributed by atoms with Crippen LogP contribution in [0.5, 0.6) is 0 Å². The molecule has 2 aliphatic heterocycles. The van der Waals surface area contributed by atoms with E-state index in [2.05, 4.69) is 0 Å². The van der Waals surface area contributed by atoms with E-state index in [0.717, 1.165) is 24.0 Å². The van der Waals surface area contributed by atoms with Crippen LogP contribution >= 0.6 is 0 Å². The summed E-state index contributed by atoms with van der Waals surface area (Å²) >= 11 is 0. The molecule has 2 amide bonds. The highest BCUT2D eigenvalue weighted by Gasteiger charge is 2.41. The summed E-state index contributed by atoms with van der Waals surface area (Å²) in [7, 11) is 0. The van der Waals surface area contributed by atoms with Crippen LogP contribution in [0, 0.1) is 23.7 Å². The Labute approximate surface area is 260 Å². The minimum absolute atomic E-state index is 0.142. The SMILES string of the molecule is CCOC(=O)[C@@H]1CN(C(=O)OCc2ccccc2)C[C@@H]1CC.CCOC(=O)[C@H]1CN(C(=O)OCc2ccccc2)C[C@H]1CC. The Morgan fingerprint density at radius 3 is 1.25 bits per heavy atom. The highest BCUT2D eigenvalue weighted by Crippen LogP contribution is 2.29. The first-order valence-electron chi connectivity index (χ1n) is 15.6. The zero-order chi connectivity index (χ0) is 31.9. The molecule has 10 heteroatoms. The molecule has 0 saturated carbocycles. The molecule has 0 N–H and O–H groups in total. The molecule has 2 saturated heterocycles. The molecule has 2 fully saturated rings. The standard InChI is InChI=1S/2C17H23NO4/c2*1-3-14-10-18(11-15(14)16(19)21-4-2)17(20)22-12-13-8-6-5-7-9-13/h2*5-9,14-15H,3-4,10-12H2,1-2H3/t2*14-,15+/m10/s1. The average molecular weight is 611 g/mol. The first kappa shape index (κ1) is 34.4. The second-order valence-corrected chi connectivity index (χ2v) is 10.9. The Morgan fingerprint density at radius 2 is 0.932 bits per heavy atom. The summed E-state index contributed by atoms with van der Waals surface area (Å²) in [5.41, 5.74) is 1.90. The number of hydrogen-bond acceptors (Lipinski definition) is 8. The van der Waals surface area contributed by atoms with Gasteiger partial charge in [-0.1, -0.05) is 87.4 Å². The Bertz CT molecular complexity index is 1100. The number of likely N-dealkylation sites (tertiary alicyclic amines) is 2. The van der Waals surface area contributed by atoms with Crippen LogP contribution < -0.4 is 0 Å². The summed E-state index contributed by atoms with van der Waals surface area (Å²) in [4.78, 5) is 51.5. The van der Waals surface area contributed by atoms with E-state index in [0.29, 0.717) is 39.4 Å². The maximum absolute atomic E-state index is 12.2. The van der Waals surface area contributed by atoms with Gasteiger partial charge in [0.2, 0.25) is 0 Å². The fraction of sp³-hybridized carbons (Fsp3) is 0.529. The molecule has 240 valence electrons. The van der Waals surface area contributed by atoms with E-state index < -0.39 is 0 Å². The zero-order valence-electron chi connectivity index (χ0n) is 26.3. The molecule has 2 heterocycles. The lowest BCUT2D eigenvalue weighted by Crippen LogP contribution is -2.30. The molecule has 0 spiro atoms. The largest absolute Gasteiger partial charge is 0.466 e. The first-order chi connectivity index (χ1) is 21.3. The quantitative estimate of drug-likeness (QED) is 0.249. The summed E-state index contributed by atoms with van der Waals surface area (Å²) in [5.74, 6) is -0.629. The van der Waals surface area contributed by atoms with Gasteiger partial charge in [0.05, 0.1) is 25.0 Å². The number of benzene rings is 2. The van der Waals surface area contributed by atoms with E-state index in [-0.39, 0.29) is 61.0 Å². The van der Waals surface area contributed by atoms with Gasteiger partial charge in [-0.2, -0.15) is 0 Å². The van der Waals surface area contributed by atoms with Crippen molar-refractivity contribution in [2.75, 3.05) is 39.4 Å². The summed E-state index contributed by atoms with van der Waals surface area (Å²) in [6.45, 7) is 10.7. The lowest BCUT2D eigenvalue weighted by atomic mass is 9.94. The van der Waals surface area contributed by atoms with Crippen molar-refractivity contribution in [3.8, 4) is 0 Å². The van der Waals surface area contributed by atoms with Crippen molar-refractivity contribution < 1.29 is 38.1 Å². The Hall–Kier alpha value is -4.08. The summed E-state index contributed by atoms with van der Waals surface area (Å²) in [6, 6.07) is 19.1. The lowest BCUT2D eigenvalue weighted by molar-refractivity contribution is -0.149. The summed E-state index contributed by atoms with van der Waals surface area (Å²) in [5, 5.41) is 0. The van der Waals surface area contributed by atoms with E-state index in [4.69, 9.17) is 18.9 Å². The zero-order valence-corrected chi connectivity index (χ0v) is 26.3. The third-order valence-electron chi connectivity index (χ3n) is 8.04. The molecule has 0 unspecified atom stereocenters. The molecule has 4 rings (SSSR count). The Morgan fingerprint density at radius 1 is 0.568 bits per heavy atom. The van der Waals surface area contributed by atoms with Gasteiger partial charge >= 0.3 is 24.1 Å². The maximum Gasteiger partial charge on any atom is 0.410 e. The van der Waals surface area contributed by atoms with Crippen LogP contribution in [0.2, 0.25) is 0 Å². The minimum atomic E-state index is -0.367. The molecule has 0 radical (unpaired) electrons. The second kappa shape index (κ2) is 17.9. The number of ether oxygens (including phenoxy) is 4. The molecule has 10 nitrogen and oxygen atoms in total. The maximum atomic E-state index is 12.2. The first-order valence-corrected chi connectivity index (χ1v) is 15.6. The molecule has 2 aromatic carbocycles. The Kier molecular flexibility index (Phi) is 14.0. The third kappa shape index (κ3) is 9.99. The molecule has 0 aliphatic carbocycles. The van der Waals surface area contributed by atoms with Crippen molar-refractivity contribution in [3.63, 3.8) is 0 Å². The molecular formula is C34H46N2O8. The van der Waals surface area contributed by atoms with Crippen molar-refractivity contribution >= 4 is 24.1 Å². The van der Waals surface area contributed by atoms with Crippen LogP contribution in [0.25, 0.3) is 0 Å². The van der Waals surface area contributed by atoms with Crippen LogP contribution in [0.1, 0.15) is 51.7 Å². The number of hydrogen-bond donors (Lipinski definition) is 0. The van der Waals surface area contributed by atoms with Crippen LogP contribution in [-0.4, -0.2) is 73.3 Å². The highest BCUT2D eigenvalue weighted by molar-refractivity contribution is 5.77. The van der Waals surface area contributed by atoms with Gasteiger partial charge in [0, 0.05) is 26.2 Å². The molecule has 2 aliphatic rings. The van der Waals surface area contributed by atoms with Crippen molar-refractivity contribution in [1.82, 2.24) is 9.80 Å². The number of esters is 2. The van der Waals surface area contributed by atoms with Crippen molar-refractivity contribution in [1.29, 1.82) is 0 Å². The second-order valence-electron chi connectivity index (χ2n) is 10.9. The van der Waals surface area contributed by atoms with Crippen LogP contribution in [0.4, 0.5) is 9.59 Å². The number of carbonyl (C=O) groups excluding carboxylic acids is 4. The van der Waals surface area contributed by atoms with E-state index in [9.17, 15) is 19.2 Å². The molecule has 44 heavy (non-hydrogen) atoms. The van der Waals surface area contributed by atoms with Gasteiger partial charge in [0.15, 0.2) is 0 Å². The number of amides is 2. The smallest absolute Gasteiger partial charge is 0.410 e. The fourth-order valence-corrected chi connectivity index (χ4v) is 5.52. The van der Waals surface area contributed by atoms with Crippen molar-refractivity contribution in [2.45, 2.75) is 53.8 Å². The number of nitrogens with zero attached hydrogens (tertiary/aromatic N) is 2. The van der Waals surface area contributed by atoms with E-state index in [1.807, 2.05) is 74.5 Å². The Balaban J connectivity index is 0.000000240. The van der Waals surface area contributed by atoms with Crippen LogP contribution in [-0.2, 0) is 41.8 Å². The van der Waals surface area contributed by atoms with Gasteiger partial charge in [-0.25, -0.2) is 9.59 Å². The van der Waals surface area contributed by atoms with E-state index in [1.54, 1.807) is 23.6 Å². The molecule has 0 aromatic heterocycles. The lowest BCUT2D eigenvalue weighted by Gasteiger charge is -2.16. The van der Waals surface area contributed by atoms with E-state index in [1.165, 1.54) is 0 Å². The fourth-order valence-electron chi connectivity index (χ4n) is 5.52. The van der Waals surface area contributed by atoms with Gasteiger partial charge < -0.3 is 28.7 Å². The summed E-state index contributed by atoms with van der Waals surface area (Å²) in [6.07, 6.45) is 0.945. The van der Waals surface area contributed by atoms with Crippen molar-refractivity contribution in [3.05, 3.63) is 71.8 Å². The highest BCUT2D eigenvalue weighted by atomic mass is 16.6. The topological polar surface area (TPSA) is 112 Å². The van der Waals surface area contributed by atoms with E-state index >= 15 is 0 Å². The molecule has 0 bridgehead atoms. The predicted octanol–water partition coefficient (Wildman–Crippen LogP) is 5.69. The van der Waals surface area contributed by atoms with Gasteiger partial charge in [0.1, 0.15) is 13.2 Å². The molecule has 2 aromatic rings. The summed E-state index contributed by atoms with van der Waals surface area (Å²) < 4.78 is 20.9. The third-order valence-corrected chi connectivity index (χ3v) is 8.04. The molecule has 4 atom stereocenters. The number of rotatable bonds is 10. The predicted molar refractivity (Wildman–Crippen MR) is 164 cm³/mol. The van der Waals surface area contributed by atoms with Gasteiger partial charge in [-0.05, 0) is 36.8 Å². The molecular weight excluding hydrogens is 564 g/mol. The monoisotopic (exact) mass is 610 g/mol. The van der Waals surface area contributed by atoms with Crippen LogP contribution in [0.3, 0.4) is 0 Å². The van der Waals surface area contributed by atoms with Crippen LogP contribution in [0.15, 0.2) is 60.7 Å². The van der Waals surface area contributed by atoms with Gasteiger partial charge in [-0.15, -0.1) is 0 Å². The normalized spacial score (nSPS) is 20.7. The minimum Gasteiger partial charge on any atom is -0.466 e. The van der Waals surface area contributed by atoms with Gasteiger partial charge in [-0.3, -0.25) is 9.59 Å². The number of carbonyl (C=O) groups is 4. The van der Waals surface area contributed by atoms with Crippen molar-refractivity contribution in [2.24, 2.45) is 23.7 Å².